The number of pyridine rings is 2. The molecule has 0 aliphatic carbocycles. The van der Waals surface area contributed by atoms with Crippen molar-refractivity contribution in [1.82, 2.24) is 9.13 Å². The van der Waals surface area contributed by atoms with Crippen molar-refractivity contribution in [3.8, 4) is 33.6 Å². The zero-order chi connectivity index (χ0) is 75.5. The van der Waals surface area contributed by atoms with Crippen molar-refractivity contribution in [2.24, 2.45) is 0 Å². The molecule has 0 aliphatic heterocycles. The molecule has 0 spiro atoms. The number of hydrogen-bond donors (Lipinski definition) is 0. The molecule has 6 heteroatoms. The lowest BCUT2D eigenvalue weighted by Crippen LogP contribution is -2.20. The van der Waals surface area contributed by atoms with Crippen LogP contribution < -0.4 is 20.7 Å². The van der Waals surface area contributed by atoms with Crippen molar-refractivity contribution >= 4 is 77.7 Å². The SMILES string of the molecule is CC(C)(c1ccccc1)c1ccc(N(c2ccc(C(C)(C)c3ccccc3)cc2)c2ccc3c(c2)c(=O)c2cc4c(cc2n3-c2ccccc2)c(=O)c2ccc(N(c3ccc(C(C)(C)c5ccc(-c6ccccc6)cc5)cc3)c3ccc(C(C)(C)c5ccc(-c6ccccc6)cc5)cc3)cc2n4-c2ccccc2)cc1. The number of hydrogen-bond acceptors (Lipinski definition) is 4. The fraction of sp³-hybridized carbons (Fsp3) is 0.115. The Morgan fingerprint density at radius 2 is 0.436 bits per heavy atom. The molecule has 17 aromatic rings. The predicted molar refractivity (Wildman–Crippen MR) is 462 cm³/mol. The largest absolute Gasteiger partial charge is 0.310 e. The van der Waals surface area contributed by atoms with Crippen LogP contribution in [0.2, 0.25) is 0 Å². The first kappa shape index (κ1) is 69.9. The summed E-state index contributed by atoms with van der Waals surface area (Å²) < 4.78 is 4.33. The molecule has 2 heterocycles. The summed E-state index contributed by atoms with van der Waals surface area (Å²) in [6.07, 6.45) is 0. The first-order valence-corrected chi connectivity index (χ1v) is 38.1. The average Bonchev–Trinajstić information content (AvgIpc) is 0.712. The highest BCUT2D eigenvalue weighted by Crippen LogP contribution is 2.45. The van der Waals surface area contributed by atoms with E-state index in [0.29, 0.717) is 43.6 Å². The highest BCUT2D eigenvalue weighted by Gasteiger charge is 2.30. The van der Waals surface area contributed by atoms with E-state index in [1.165, 1.54) is 66.8 Å². The summed E-state index contributed by atoms with van der Waals surface area (Å²) in [6.45, 7) is 18.3. The molecule has 0 bridgehead atoms. The van der Waals surface area contributed by atoms with Gasteiger partial charge in [-0.3, -0.25) is 9.59 Å². The summed E-state index contributed by atoms with van der Waals surface area (Å²) in [7, 11) is 0. The second-order valence-electron chi connectivity index (χ2n) is 31.3. The van der Waals surface area contributed by atoms with Crippen molar-refractivity contribution in [1.29, 1.82) is 0 Å². The molecule has 2 aromatic heterocycles. The molecule has 17 rings (SSSR count). The number of para-hydroxylation sites is 2. The van der Waals surface area contributed by atoms with Crippen LogP contribution in [0.3, 0.4) is 0 Å². The van der Waals surface area contributed by atoms with Crippen molar-refractivity contribution in [2.45, 2.75) is 77.0 Å². The van der Waals surface area contributed by atoms with E-state index in [1.54, 1.807) is 0 Å². The molecule has 0 fully saturated rings. The van der Waals surface area contributed by atoms with E-state index in [9.17, 15) is 0 Å². The van der Waals surface area contributed by atoms with Gasteiger partial charge in [0.25, 0.3) is 0 Å². The van der Waals surface area contributed by atoms with Gasteiger partial charge in [0, 0.05) is 88.7 Å². The molecule has 0 amide bonds. The third-order valence-electron chi connectivity index (χ3n) is 23.4. The number of anilines is 6. The molecule has 0 aliphatic rings. The molecule has 0 N–H and O–H groups in total. The predicted octanol–water partition coefficient (Wildman–Crippen LogP) is 26.2. The minimum Gasteiger partial charge on any atom is -0.310 e. The van der Waals surface area contributed by atoms with E-state index < -0.39 is 0 Å². The summed E-state index contributed by atoms with van der Waals surface area (Å²) in [4.78, 5) is 36.9. The van der Waals surface area contributed by atoms with Crippen LogP contribution in [0.15, 0.2) is 386 Å². The van der Waals surface area contributed by atoms with E-state index in [-0.39, 0.29) is 32.5 Å². The minimum atomic E-state index is -0.327. The van der Waals surface area contributed by atoms with Gasteiger partial charge >= 0.3 is 0 Å². The number of nitrogens with zero attached hydrogens (tertiary/aromatic N) is 4. The molecular weight excluding hydrogens is 1340 g/mol. The lowest BCUT2D eigenvalue weighted by molar-refractivity contribution is 0.640. The lowest BCUT2D eigenvalue weighted by atomic mass is 9.77. The Labute approximate surface area is 644 Å². The van der Waals surface area contributed by atoms with Gasteiger partial charge in [-0.15, -0.1) is 0 Å². The number of fused-ring (bicyclic) bond motifs is 4. The van der Waals surface area contributed by atoms with Crippen LogP contribution in [-0.4, -0.2) is 9.13 Å². The minimum absolute atomic E-state index is 0.136. The average molecular weight is 1420 g/mol. The normalized spacial score (nSPS) is 12.1. The molecule has 15 aromatic carbocycles. The Bertz CT molecular complexity index is 6100. The summed E-state index contributed by atoms with van der Waals surface area (Å²) in [5, 5.41) is 2.04. The van der Waals surface area contributed by atoms with Crippen molar-refractivity contribution < 1.29 is 0 Å². The Balaban J connectivity index is 0.830. The molecule has 6 nitrogen and oxygen atoms in total. The Morgan fingerprint density at radius 3 is 0.782 bits per heavy atom. The summed E-state index contributed by atoms with van der Waals surface area (Å²) in [5.41, 5.74) is 22.7. The molecule has 0 saturated carbocycles. The maximum atomic E-state index is 16.3. The summed E-state index contributed by atoms with van der Waals surface area (Å²) in [5.74, 6) is 0. The van der Waals surface area contributed by atoms with Gasteiger partial charge in [-0.1, -0.05) is 310 Å². The molecule has 0 saturated heterocycles. The Hall–Kier alpha value is -13.2. The lowest BCUT2D eigenvalue weighted by Gasteiger charge is -2.30. The molecule has 110 heavy (non-hydrogen) atoms. The van der Waals surface area contributed by atoms with Crippen LogP contribution in [0.5, 0.6) is 0 Å². The van der Waals surface area contributed by atoms with E-state index in [2.05, 4.69) is 396 Å². The maximum absolute atomic E-state index is 16.3. The summed E-state index contributed by atoms with van der Waals surface area (Å²) >= 11 is 0. The van der Waals surface area contributed by atoms with Crippen LogP contribution in [0.25, 0.3) is 77.2 Å². The second-order valence-corrected chi connectivity index (χ2v) is 31.3. The number of aromatic nitrogens is 2. The first-order chi connectivity index (χ1) is 53.4. The molecular formula is C104H86N4O2. The molecule has 0 radical (unpaired) electrons. The zero-order valence-corrected chi connectivity index (χ0v) is 63.4. The van der Waals surface area contributed by atoms with E-state index in [0.717, 1.165) is 45.5 Å². The topological polar surface area (TPSA) is 50.5 Å². The van der Waals surface area contributed by atoms with Gasteiger partial charge in [-0.05, 0) is 188 Å². The van der Waals surface area contributed by atoms with E-state index in [4.69, 9.17) is 0 Å². The van der Waals surface area contributed by atoms with Crippen molar-refractivity contribution in [3.63, 3.8) is 0 Å². The van der Waals surface area contributed by atoms with Crippen LogP contribution in [-0.2, 0) is 21.7 Å². The number of benzene rings is 15. The monoisotopic (exact) mass is 1420 g/mol. The van der Waals surface area contributed by atoms with Crippen LogP contribution >= 0.6 is 0 Å². The standard InChI is InChI=1S/C104H86N4O2/c1-101(2,75-31-19-11-20-32-75)79-47-55-85(56-48-79)105(86-57-49-80(50-58-86)102(3,4)76-33-21-12-22-34-76)89-64-66-95-92(67-89)100(110)94-70-98-93(69-97(94)107(95)83-35-23-13-24-36-83)99(109)91-65-63-90(68-96(91)108(98)84-37-25-14-26-38-84)106(87-59-51-81(52-60-87)103(5,6)77-43-39-73(40-44-77)71-27-15-9-16-28-71)88-61-53-82(54-62-88)104(7,8)78-45-41-74(42-46-78)72-29-17-10-18-30-72/h9-70H,1-8H3. The quantitative estimate of drug-likeness (QED) is 0.0804. The van der Waals surface area contributed by atoms with Crippen molar-refractivity contribution in [3.05, 3.63) is 441 Å². The van der Waals surface area contributed by atoms with Crippen LogP contribution in [0.1, 0.15) is 99.9 Å². The van der Waals surface area contributed by atoms with Gasteiger partial charge in [0.05, 0.1) is 22.1 Å². The van der Waals surface area contributed by atoms with E-state index in [1.807, 2.05) is 54.6 Å². The Kier molecular flexibility index (Phi) is 17.9. The van der Waals surface area contributed by atoms with E-state index >= 15 is 9.59 Å². The smallest absolute Gasteiger partial charge is 0.197 e. The van der Waals surface area contributed by atoms with Gasteiger partial charge in [0.2, 0.25) is 0 Å². The first-order valence-electron chi connectivity index (χ1n) is 38.1. The van der Waals surface area contributed by atoms with Gasteiger partial charge in [-0.25, -0.2) is 0 Å². The van der Waals surface area contributed by atoms with Crippen molar-refractivity contribution in [2.75, 3.05) is 9.80 Å². The number of rotatable bonds is 18. The maximum Gasteiger partial charge on any atom is 0.197 e. The Morgan fingerprint density at radius 1 is 0.200 bits per heavy atom. The molecule has 0 atom stereocenters. The van der Waals surface area contributed by atoms with Gasteiger partial charge in [0.1, 0.15) is 0 Å². The van der Waals surface area contributed by atoms with Gasteiger partial charge in [-0.2, -0.15) is 0 Å². The zero-order valence-electron chi connectivity index (χ0n) is 63.4. The fourth-order valence-corrected chi connectivity index (χ4v) is 16.4. The van der Waals surface area contributed by atoms with Crippen LogP contribution in [0, 0.1) is 0 Å². The summed E-state index contributed by atoms with van der Waals surface area (Å²) in [6, 6.07) is 133. The third kappa shape index (κ3) is 12.7. The third-order valence-corrected chi connectivity index (χ3v) is 23.4. The highest BCUT2D eigenvalue weighted by molar-refractivity contribution is 6.07. The van der Waals surface area contributed by atoms with Crippen LogP contribution in [0.4, 0.5) is 34.1 Å². The highest BCUT2D eigenvalue weighted by atomic mass is 16.1. The fourth-order valence-electron chi connectivity index (χ4n) is 16.4. The molecule has 534 valence electrons. The second kappa shape index (κ2) is 28.2. The molecule has 0 unspecified atom stereocenters. The van der Waals surface area contributed by atoms with Gasteiger partial charge < -0.3 is 18.9 Å². The van der Waals surface area contributed by atoms with Gasteiger partial charge in [0.15, 0.2) is 10.9 Å².